The first-order valence-electron chi connectivity index (χ1n) is 8.70. The van der Waals surface area contributed by atoms with Gasteiger partial charge in [-0.1, -0.05) is 30.3 Å². The van der Waals surface area contributed by atoms with E-state index in [2.05, 4.69) is 33.8 Å². The molecule has 0 bridgehead atoms. The van der Waals surface area contributed by atoms with Crippen LogP contribution in [-0.2, 0) is 11.2 Å². The number of anilines is 1. The zero-order valence-corrected chi connectivity index (χ0v) is 16.8. The summed E-state index contributed by atoms with van der Waals surface area (Å²) < 4.78 is 1.77. The van der Waals surface area contributed by atoms with Gasteiger partial charge in [0.2, 0.25) is 5.91 Å². The third-order valence-corrected chi connectivity index (χ3v) is 5.66. The Morgan fingerprint density at radius 3 is 2.68 bits per heavy atom. The Morgan fingerprint density at radius 1 is 1.14 bits per heavy atom. The fourth-order valence-electron chi connectivity index (χ4n) is 2.75. The van der Waals surface area contributed by atoms with Gasteiger partial charge in [-0.25, -0.2) is 9.67 Å². The highest BCUT2D eigenvalue weighted by Gasteiger charge is 2.10. The number of hydrogen-bond acceptors (Lipinski definition) is 5. The first-order chi connectivity index (χ1) is 13.7. The molecule has 0 atom stereocenters. The molecule has 2 aromatic heterocycles. The highest BCUT2D eigenvalue weighted by Crippen LogP contribution is 2.26. The third kappa shape index (κ3) is 4.32. The second kappa shape index (κ2) is 8.41. The van der Waals surface area contributed by atoms with Crippen LogP contribution in [0.4, 0.5) is 5.13 Å². The molecule has 4 rings (SSSR count). The van der Waals surface area contributed by atoms with Crippen molar-refractivity contribution in [3.63, 3.8) is 0 Å². The minimum absolute atomic E-state index is 0.105. The molecule has 140 valence electrons. The Bertz CT molecular complexity index is 1070. The van der Waals surface area contributed by atoms with Crippen LogP contribution in [0.15, 0.2) is 77.3 Å². The lowest BCUT2D eigenvalue weighted by Crippen LogP contribution is -2.13. The summed E-state index contributed by atoms with van der Waals surface area (Å²) in [4.78, 5) is 18.1. The molecular weight excluding hydrogens is 388 g/mol. The van der Waals surface area contributed by atoms with E-state index >= 15 is 0 Å². The number of rotatable bonds is 6. The van der Waals surface area contributed by atoms with Crippen molar-refractivity contribution in [3.8, 4) is 16.9 Å². The number of carbonyl (C=O) groups excluding carboxylic acids is 1. The summed E-state index contributed by atoms with van der Waals surface area (Å²) in [6.45, 7) is 0. The van der Waals surface area contributed by atoms with Crippen molar-refractivity contribution in [1.82, 2.24) is 14.8 Å². The van der Waals surface area contributed by atoms with Crippen molar-refractivity contribution < 1.29 is 4.79 Å². The standard InChI is InChI=1S/C21H18N4OS2/c1-27-18-9-7-16(8-10-18)19-14-28-21(23-19)24-20(26)11-15-12-22-25(13-15)17-5-3-2-4-6-17/h2-10,12-14H,11H2,1H3,(H,23,24,26). The van der Waals surface area contributed by atoms with Crippen LogP contribution < -0.4 is 5.32 Å². The summed E-state index contributed by atoms with van der Waals surface area (Å²) >= 11 is 3.13. The third-order valence-electron chi connectivity index (χ3n) is 4.16. The van der Waals surface area contributed by atoms with E-state index in [0.29, 0.717) is 5.13 Å². The number of nitrogens with zero attached hydrogens (tertiary/aromatic N) is 3. The van der Waals surface area contributed by atoms with E-state index in [1.54, 1.807) is 22.6 Å². The number of benzene rings is 2. The normalized spacial score (nSPS) is 10.8. The maximum atomic E-state index is 12.4. The summed E-state index contributed by atoms with van der Waals surface area (Å²) in [5.74, 6) is -0.105. The average Bonchev–Trinajstić information content (AvgIpc) is 3.38. The Morgan fingerprint density at radius 2 is 1.93 bits per heavy atom. The molecule has 4 aromatic rings. The maximum Gasteiger partial charge on any atom is 0.230 e. The van der Waals surface area contributed by atoms with Gasteiger partial charge in [0.05, 0.1) is 24.0 Å². The maximum absolute atomic E-state index is 12.4. The molecule has 0 unspecified atom stereocenters. The van der Waals surface area contributed by atoms with Gasteiger partial charge < -0.3 is 5.32 Å². The van der Waals surface area contributed by atoms with Crippen LogP contribution >= 0.6 is 23.1 Å². The van der Waals surface area contributed by atoms with Gasteiger partial charge in [0, 0.05) is 22.0 Å². The highest BCUT2D eigenvalue weighted by molar-refractivity contribution is 7.98. The summed E-state index contributed by atoms with van der Waals surface area (Å²) in [6, 6.07) is 18.1. The van der Waals surface area contributed by atoms with Crippen molar-refractivity contribution in [1.29, 1.82) is 0 Å². The highest BCUT2D eigenvalue weighted by atomic mass is 32.2. The lowest BCUT2D eigenvalue weighted by Gasteiger charge is -2.01. The average molecular weight is 407 g/mol. The molecule has 0 saturated carbocycles. The Hall–Kier alpha value is -2.90. The quantitative estimate of drug-likeness (QED) is 0.463. The number of carbonyl (C=O) groups is 1. The predicted octanol–water partition coefficient (Wildman–Crippen LogP) is 4.90. The summed E-state index contributed by atoms with van der Waals surface area (Å²) in [5.41, 5.74) is 3.72. The van der Waals surface area contributed by atoms with Crippen molar-refractivity contribution in [3.05, 3.63) is 77.9 Å². The van der Waals surface area contributed by atoms with Crippen LogP contribution in [0.1, 0.15) is 5.56 Å². The molecule has 0 fully saturated rings. The molecular formula is C21H18N4OS2. The van der Waals surface area contributed by atoms with Crippen LogP contribution in [0.3, 0.4) is 0 Å². The summed E-state index contributed by atoms with van der Waals surface area (Å²) in [5, 5.41) is 9.76. The van der Waals surface area contributed by atoms with Gasteiger partial charge in [0.1, 0.15) is 0 Å². The first kappa shape index (κ1) is 18.5. The van der Waals surface area contributed by atoms with Gasteiger partial charge in [0.25, 0.3) is 0 Å². The van der Waals surface area contributed by atoms with Gasteiger partial charge in [-0.2, -0.15) is 5.10 Å². The first-order valence-corrected chi connectivity index (χ1v) is 10.8. The molecule has 1 N–H and O–H groups in total. The number of amides is 1. The predicted molar refractivity (Wildman–Crippen MR) is 115 cm³/mol. The molecule has 0 radical (unpaired) electrons. The SMILES string of the molecule is CSc1ccc(-c2csc(NC(=O)Cc3cnn(-c4ccccc4)c3)n2)cc1. The summed E-state index contributed by atoms with van der Waals surface area (Å²) in [7, 11) is 0. The van der Waals surface area contributed by atoms with Crippen LogP contribution in [-0.4, -0.2) is 26.9 Å². The Kier molecular flexibility index (Phi) is 5.55. The topological polar surface area (TPSA) is 59.8 Å². The number of nitrogens with one attached hydrogen (secondary N) is 1. The van der Waals surface area contributed by atoms with E-state index in [9.17, 15) is 4.79 Å². The van der Waals surface area contributed by atoms with Gasteiger partial charge in [0.15, 0.2) is 5.13 Å². The van der Waals surface area contributed by atoms with Crippen LogP contribution in [0.25, 0.3) is 16.9 Å². The second-order valence-electron chi connectivity index (χ2n) is 6.12. The molecule has 0 saturated heterocycles. The van der Waals surface area contributed by atoms with Crippen molar-refractivity contribution >= 4 is 34.1 Å². The molecule has 0 aliphatic carbocycles. The zero-order valence-electron chi connectivity index (χ0n) is 15.2. The number of para-hydroxylation sites is 1. The van der Waals surface area contributed by atoms with Gasteiger partial charge in [-0.05, 0) is 36.1 Å². The molecule has 2 aromatic carbocycles. The fourth-order valence-corrected chi connectivity index (χ4v) is 3.89. The van der Waals surface area contributed by atoms with Crippen molar-refractivity contribution in [2.24, 2.45) is 0 Å². The van der Waals surface area contributed by atoms with E-state index in [1.165, 1.54) is 16.2 Å². The second-order valence-corrected chi connectivity index (χ2v) is 7.86. The molecule has 7 heteroatoms. The minimum Gasteiger partial charge on any atom is -0.302 e. The zero-order chi connectivity index (χ0) is 19.3. The molecule has 1 amide bonds. The summed E-state index contributed by atoms with van der Waals surface area (Å²) in [6.07, 6.45) is 5.89. The minimum atomic E-state index is -0.105. The van der Waals surface area contributed by atoms with E-state index in [0.717, 1.165) is 22.5 Å². The number of aromatic nitrogens is 3. The molecule has 0 aliphatic heterocycles. The lowest BCUT2D eigenvalue weighted by molar-refractivity contribution is -0.115. The monoisotopic (exact) mass is 406 g/mol. The molecule has 28 heavy (non-hydrogen) atoms. The van der Waals surface area contributed by atoms with Crippen molar-refractivity contribution in [2.45, 2.75) is 11.3 Å². The van der Waals surface area contributed by atoms with Crippen LogP contribution in [0.2, 0.25) is 0 Å². The van der Waals surface area contributed by atoms with Gasteiger partial charge >= 0.3 is 0 Å². The van der Waals surface area contributed by atoms with Crippen LogP contribution in [0.5, 0.6) is 0 Å². The number of thiazole rings is 1. The lowest BCUT2D eigenvalue weighted by atomic mass is 10.2. The van der Waals surface area contributed by atoms with Crippen molar-refractivity contribution in [2.75, 3.05) is 11.6 Å². The van der Waals surface area contributed by atoms with E-state index in [-0.39, 0.29) is 12.3 Å². The van der Waals surface area contributed by atoms with E-state index < -0.39 is 0 Å². The largest absolute Gasteiger partial charge is 0.302 e. The van der Waals surface area contributed by atoms with E-state index in [1.807, 2.05) is 54.0 Å². The molecule has 0 spiro atoms. The smallest absolute Gasteiger partial charge is 0.230 e. The van der Waals surface area contributed by atoms with Crippen LogP contribution in [0, 0.1) is 0 Å². The number of thioether (sulfide) groups is 1. The van der Waals surface area contributed by atoms with E-state index in [4.69, 9.17) is 0 Å². The Balaban J connectivity index is 1.39. The number of hydrogen-bond donors (Lipinski definition) is 1. The van der Waals surface area contributed by atoms with Gasteiger partial charge in [-0.15, -0.1) is 23.1 Å². The fraction of sp³-hybridized carbons (Fsp3) is 0.0952. The molecule has 0 aliphatic rings. The molecule has 5 nitrogen and oxygen atoms in total. The van der Waals surface area contributed by atoms with Gasteiger partial charge in [-0.3, -0.25) is 4.79 Å². The molecule has 2 heterocycles. The Labute approximate surface area is 171 Å².